The normalized spacial score (nSPS) is 32.7. The molecule has 0 heterocycles. The third-order valence-corrected chi connectivity index (χ3v) is 2.98. The van der Waals surface area contributed by atoms with Crippen molar-refractivity contribution in [2.45, 2.75) is 38.7 Å². The molecule has 1 fully saturated rings. The minimum atomic E-state index is 0.166. The monoisotopic (exact) mass is 175 g/mol. The maximum Gasteiger partial charge on any atom is 0.141 e. The van der Waals surface area contributed by atoms with E-state index in [1.165, 1.54) is 25.7 Å². The van der Waals surface area contributed by atoms with Gasteiger partial charge < -0.3 is 0 Å². The highest BCUT2D eigenvalue weighted by Crippen LogP contribution is 2.27. The van der Waals surface area contributed by atoms with E-state index in [1.54, 1.807) is 0 Å². The highest BCUT2D eigenvalue weighted by Gasteiger charge is 2.26. The van der Waals surface area contributed by atoms with Crippen LogP contribution in [0.3, 0.4) is 0 Å². The first-order valence-electron chi connectivity index (χ1n) is 4.45. The van der Waals surface area contributed by atoms with Crippen molar-refractivity contribution in [3.8, 4) is 0 Å². The summed E-state index contributed by atoms with van der Waals surface area (Å²) >= 11 is 0.166. The highest BCUT2D eigenvalue weighted by molar-refractivity contribution is 7.90. The zero-order valence-corrected chi connectivity index (χ0v) is 8.62. The Hall–Kier alpha value is 0.310. The van der Waals surface area contributed by atoms with Gasteiger partial charge in [-0.3, -0.25) is 0 Å². The predicted octanol–water partition coefficient (Wildman–Crippen LogP) is 2.37. The lowest BCUT2D eigenvalue weighted by atomic mass is 9.88. The third kappa shape index (κ3) is 3.04. The van der Waals surface area contributed by atoms with E-state index in [-0.39, 0.29) is 11.2 Å². The van der Waals surface area contributed by atoms with Crippen LogP contribution in [0.15, 0.2) is 0 Å². The minimum absolute atomic E-state index is 0.166. The second kappa shape index (κ2) is 4.36. The van der Waals surface area contributed by atoms with Gasteiger partial charge in [-0.05, 0) is 18.8 Å². The Morgan fingerprint density at radius 2 is 1.82 bits per heavy atom. The van der Waals surface area contributed by atoms with E-state index in [9.17, 15) is 0 Å². The molecule has 0 spiro atoms. The highest BCUT2D eigenvalue weighted by atomic mass is 32.2. The summed E-state index contributed by atoms with van der Waals surface area (Å²) < 4.78 is 5.83. The van der Waals surface area contributed by atoms with Crippen LogP contribution < -0.4 is 0 Å². The fraction of sp³-hybridized carbons (Fsp3) is 1.00. The van der Waals surface area contributed by atoms with Gasteiger partial charge in [0.15, 0.2) is 0 Å². The smallest absolute Gasteiger partial charge is 0.141 e. The largest absolute Gasteiger partial charge is 0.171 e. The van der Waals surface area contributed by atoms with Crippen molar-refractivity contribution in [3.63, 3.8) is 0 Å². The Morgan fingerprint density at radius 3 is 2.36 bits per heavy atom. The quantitative estimate of drug-likeness (QED) is 0.585. The van der Waals surface area contributed by atoms with Crippen LogP contribution in [0.2, 0.25) is 0 Å². The first-order chi connectivity index (χ1) is 5.20. The maximum atomic E-state index is 5.83. The Balaban J connectivity index is 2.29. The van der Waals surface area contributed by atoms with Crippen molar-refractivity contribution in [2.24, 2.45) is 5.92 Å². The van der Waals surface area contributed by atoms with E-state index < -0.39 is 0 Å². The van der Waals surface area contributed by atoms with Gasteiger partial charge in [0.1, 0.15) is 29.8 Å². The van der Waals surface area contributed by atoms with E-state index in [2.05, 4.69) is 19.4 Å². The number of hydrogen-bond donors (Lipinski definition) is 0. The zero-order chi connectivity index (χ0) is 8.27. The van der Waals surface area contributed by atoms with Gasteiger partial charge in [0.2, 0.25) is 0 Å². The lowest BCUT2D eigenvalue weighted by Crippen LogP contribution is -2.27. The van der Waals surface area contributed by atoms with Crippen LogP contribution in [0.5, 0.6) is 0 Å². The van der Waals surface area contributed by atoms with Gasteiger partial charge in [-0.25, -0.2) is 0 Å². The van der Waals surface area contributed by atoms with E-state index in [4.69, 9.17) is 4.18 Å². The lowest BCUT2D eigenvalue weighted by Gasteiger charge is -2.25. The lowest BCUT2D eigenvalue weighted by molar-refractivity contribution is 0.122. The second-order valence-electron chi connectivity index (χ2n) is 3.64. The predicted molar refractivity (Wildman–Crippen MR) is 51.7 cm³/mol. The van der Waals surface area contributed by atoms with Crippen LogP contribution >= 0.6 is 0 Å². The summed E-state index contributed by atoms with van der Waals surface area (Å²) in [6.45, 7) is 2.32. The molecule has 1 nitrogen and oxygen atoms in total. The van der Waals surface area contributed by atoms with Crippen molar-refractivity contribution < 1.29 is 4.18 Å². The molecule has 66 valence electrons. The molecule has 0 aromatic rings. The van der Waals surface area contributed by atoms with Crippen LogP contribution in [0.1, 0.15) is 32.6 Å². The van der Waals surface area contributed by atoms with Crippen LogP contribution in [0.25, 0.3) is 0 Å². The van der Waals surface area contributed by atoms with E-state index in [1.807, 2.05) is 0 Å². The molecule has 0 saturated heterocycles. The Morgan fingerprint density at radius 1 is 1.18 bits per heavy atom. The van der Waals surface area contributed by atoms with Crippen LogP contribution in [-0.2, 0) is 15.4 Å². The van der Waals surface area contributed by atoms with Gasteiger partial charge in [0.25, 0.3) is 0 Å². The molecule has 0 aromatic heterocycles. The average Bonchev–Trinajstić information content (AvgIpc) is 1.93. The first kappa shape index (κ1) is 9.40. The molecule has 11 heavy (non-hydrogen) atoms. The third-order valence-electron chi connectivity index (χ3n) is 2.35. The first-order valence-corrected chi connectivity index (χ1v) is 6.41. The Bertz CT molecular complexity index is 114. The molecule has 2 atom stereocenters. The topological polar surface area (TPSA) is 9.23 Å². The molecule has 0 aromatic carbocycles. The van der Waals surface area contributed by atoms with Crippen LogP contribution in [0.4, 0.5) is 0 Å². The number of rotatable bonds is 2. The Labute approximate surface area is 73.1 Å². The molecule has 0 amide bonds. The molecule has 0 unspecified atom stereocenters. The molecular weight excluding hydrogens is 156 g/mol. The molecule has 0 radical (unpaired) electrons. The molecule has 1 aliphatic rings. The SMILES string of the molecule is C[C@H]1CCCC[C@@H]1O[S+](C)C. The van der Waals surface area contributed by atoms with Crippen LogP contribution in [-0.4, -0.2) is 18.6 Å². The summed E-state index contributed by atoms with van der Waals surface area (Å²) in [5, 5.41) is 0. The molecule has 1 saturated carbocycles. The zero-order valence-electron chi connectivity index (χ0n) is 7.80. The second-order valence-corrected chi connectivity index (χ2v) is 5.31. The standard InChI is InChI=1S/C9H19OS/c1-8-6-4-5-7-9(8)10-11(2)3/h8-9H,4-7H2,1-3H3/q+1/t8-,9-/m0/s1. The summed E-state index contributed by atoms with van der Waals surface area (Å²) in [6.07, 6.45) is 10.3. The van der Waals surface area contributed by atoms with Crippen LogP contribution in [0, 0.1) is 5.92 Å². The van der Waals surface area contributed by atoms with Gasteiger partial charge >= 0.3 is 0 Å². The van der Waals surface area contributed by atoms with Crippen molar-refractivity contribution in [1.29, 1.82) is 0 Å². The fourth-order valence-corrected chi connectivity index (χ4v) is 2.45. The van der Waals surface area contributed by atoms with E-state index >= 15 is 0 Å². The molecule has 1 aliphatic carbocycles. The van der Waals surface area contributed by atoms with Gasteiger partial charge in [0.05, 0.1) is 0 Å². The molecule has 0 aliphatic heterocycles. The molecule has 2 heteroatoms. The minimum Gasteiger partial charge on any atom is -0.171 e. The Kier molecular flexibility index (Phi) is 3.73. The molecule has 0 N–H and O–H groups in total. The van der Waals surface area contributed by atoms with Crippen molar-refractivity contribution in [1.82, 2.24) is 0 Å². The van der Waals surface area contributed by atoms with Gasteiger partial charge in [-0.1, -0.05) is 19.8 Å². The summed E-state index contributed by atoms with van der Waals surface area (Å²) in [4.78, 5) is 0. The van der Waals surface area contributed by atoms with Gasteiger partial charge in [-0.15, -0.1) is 0 Å². The van der Waals surface area contributed by atoms with Crippen molar-refractivity contribution in [3.05, 3.63) is 0 Å². The number of hydrogen-bond acceptors (Lipinski definition) is 1. The fourth-order valence-electron chi connectivity index (χ4n) is 1.67. The average molecular weight is 175 g/mol. The van der Waals surface area contributed by atoms with Crippen molar-refractivity contribution in [2.75, 3.05) is 12.5 Å². The molecule has 0 bridgehead atoms. The molecule has 1 rings (SSSR count). The van der Waals surface area contributed by atoms with E-state index in [0.29, 0.717) is 6.10 Å². The summed E-state index contributed by atoms with van der Waals surface area (Å²) in [7, 11) is 0. The van der Waals surface area contributed by atoms with E-state index in [0.717, 1.165) is 5.92 Å². The van der Waals surface area contributed by atoms with Crippen molar-refractivity contribution >= 4 is 11.2 Å². The van der Waals surface area contributed by atoms with Gasteiger partial charge in [-0.2, -0.15) is 4.18 Å². The summed E-state index contributed by atoms with van der Waals surface area (Å²) in [5.74, 6) is 0.790. The summed E-state index contributed by atoms with van der Waals surface area (Å²) in [5.41, 5.74) is 0. The summed E-state index contributed by atoms with van der Waals surface area (Å²) in [6, 6.07) is 0. The maximum absolute atomic E-state index is 5.83. The molecular formula is C9H19OS+. The van der Waals surface area contributed by atoms with Gasteiger partial charge in [0, 0.05) is 0 Å².